The summed E-state index contributed by atoms with van der Waals surface area (Å²) in [5.41, 5.74) is 2.89. The highest BCUT2D eigenvalue weighted by Gasteiger charge is 2.26. The SMILES string of the molecule is CCNC1CCCCC(c2cccc3c2OCC3)C1. The molecule has 2 unspecified atom stereocenters. The van der Waals surface area contributed by atoms with Crippen molar-refractivity contribution < 1.29 is 4.74 Å². The number of fused-ring (bicyclic) bond motifs is 1. The van der Waals surface area contributed by atoms with E-state index in [1.807, 2.05) is 0 Å². The Labute approximate surface area is 116 Å². The van der Waals surface area contributed by atoms with Gasteiger partial charge < -0.3 is 10.1 Å². The van der Waals surface area contributed by atoms with Crippen LogP contribution in [0.5, 0.6) is 5.75 Å². The summed E-state index contributed by atoms with van der Waals surface area (Å²) in [6.07, 6.45) is 7.74. The molecule has 1 fully saturated rings. The van der Waals surface area contributed by atoms with Crippen LogP contribution in [-0.2, 0) is 6.42 Å². The Balaban J connectivity index is 1.82. The Morgan fingerprint density at radius 2 is 2.16 bits per heavy atom. The minimum atomic E-state index is 0.680. The molecule has 2 nitrogen and oxygen atoms in total. The average molecular weight is 259 g/mol. The molecular formula is C17H25NO. The van der Waals surface area contributed by atoms with Gasteiger partial charge in [0.25, 0.3) is 0 Å². The highest BCUT2D eigenvalue weighted by Crippen LogP contribution is 2.40. The Kier molecular flexibility index (Phi) is 4.07. The first-order valence-corrected chi connectivity index (χ1v) is 7.86. The molecule has 2 heteroatoms. The van der Waals surface area contributed by atoms with Gasteiger partial charge in [-0.05, 0) is 42.9 Å². The summed E-state index contributed by atoms with van der Waals surface area (Å²) in [6.45, 7) is 4.17. The lowest BCUT2D eigenvalue weighted by atomic mass is 9.88. The number of benzene rings is 1. The molecule has 1 aromatic carbocycles. The summed E-state index contributed by atoms with van der Waals surface area (Å²) in [4.78, 5) is 0. The van der Waals surface area contributed by atoms with Crippen molar-refractivity contribution in [2.75, 3.05) is 13.2 Å². The number of para-hydroxylation sites is 1. The van der Waals surface area contributed by atoms with E-state index in [-0.39, 0.29) is 0 Å². The molecule has 0 saturated heterocycles. The maximum Gasteiger partial charge on any atom is 0.126 e. The van der Waals surface area contributed by atoms with Gasteiger partial charge in [-0.2, -0.15) is 0 Å². The predicted molar refractivity (Wildman–Crippen MR) is 78.9 cm³/mol. The lowest BCUT2D eigenvalue weighted by Gasteiger charge is -2.22. The van der Waals surface area contributed by atoms with E-state index >= 15 is 0 Å². The Morgan fingerprint density at radius 1 is 1.26 bits per heavy atom. The fourth-order valence-electron chi connectivity index (χ4n) is 3.68. The maximum absolute atomic E-state index is 5.90. The van der Waals surface area contributed by atoms with Gasteiger partial charge in [0.05, 0.1) is 6.61 Å². The van der Waals surface area contributed by atoms with E-state index in [4.69, 9.17) is 4.74 Å². The van der Waals surface area contributed by atoms with Gasteiger partial charge in [0.15, 0.2) is 0 Å². The van der Waals surface area contributed by atoms with Crippen molar-refractivity contribution in [3.05, 3.63) is 29.3 Å². The molecule has 0 aromatic heterocycles. The first kappa shape index (κ1) is 13.0. The van der Waals surface area contributed by atoms with Crippen LogP contribution in [0.2, 0.25) is 0 Å². The summed E-state index contributed by atoms with van der Waals surface area (Å²) in [7, 11) is 0. The molecule has 104 valence electrons. The van der Waals surface area contributed by atoms with E-state index in [2.05, 4.69) is 30.4 Å². The van der Waals surface area contributed by atoms with Crippen LogP contribution >= 0.6 is 0 Å². The number of ether oxygens (including phenoxy) is 1. The molecule has 19 heavy (non-hydrogen) atoms. The van der Waals surface area contributed by atoms with Crippen molar-refractivity contribution in [1.29, 1.82) is 0 Å². The van der Waals surface area contributed by atoms with Crippen LogP contribution in [0.25, 0.3) is 0 Å². The fourth-order valence-corrected chi connectivity index (χ4v) is 3.68. The topological polar surface area (TPSA) is 21.3 Å². The third-order valence-electron chi connectivity index (χ3n) is 4.60. The van der Waals surface area contributed by atoms with Crippen molar-refractivity contribution in [2.24, 2.45) is 0 Å². The molecule has 2 aliphatic rings. The van der Waals surface area contributed by atoms with Crippen molar-refractivity contribution in [3.63, 3.8) is 0 Å². The molecule has 0 bridgehead atoms. The van der Waals surface area contributed by atoms with Crippen LogP contribution in [-0.4, -0.2) is 19.2 Å². The summed E-state index contributed by atoms with van der Waals surface area (Å²) >= 11 is 0. The molecule has 1 aromatic rings. The lowest BCUT2D eigenvalue weighted by Crippen LogP contribution is -2.29. The number of rotatable bonds is 3. The second kappa shape index (κ2) is 5.96. The second-order valence-corrected chi connectivity index (χ2v) is 5.91. The van der Waals surface area contributed by atoms with Gasteiger partial charge in [-0.25, -0.2) is 0 Å². The zero-order chi connectivity index (χ0) is 13.1. The normalized spacial score (nSPS) is 26.6. The van der Waals surface area contributed by atoms with E-state index in [0.717, 1.165) is 19.6 Å². The van der Waals surface area contributed by atoms with Crippen molar-refractivity contribution in [1.82, 2.24) is 5.32 Å². The van der Waals surface area contributed by atoms with Gasteiger partial charge in [0.2, 0.25) is 0 Å². The van der Waals surface area contributed by atoms with Crippen LogP contribution in [0.15, 0.2) is 18.2 Å². The summed E-state index contributed by atoms with van der Waals surface area (Å²) in [5.74, 6) is 1.89. The van der Waals surface area contributed by atoms with E-state index in [1.54, 1.807) is 0 Å². The smallest absolute Gasteiger partial charge is 0.126 e. The highest BCUT2D eigenvalue weighted by atomic mass is 16.5. The molecule has 1 aliphatic heterocycles. The van der Waals surface area contributed by atoms with E-state index < -0.39 is 0 Å². The molecule has 1 N–H and O–H groups in total. The van der Waals surface area contributed by atoms with Crippen LogP contribution in [0.1, 0.15) is 56.1 Å². The number of hydrogen-bond donors (Lipinski definition) is 1. The Hall–Kier alpha value is -1.02. The first-order chi connectivity index (χ1) is 9.38. The summed E-state index contributed by atoms with van der Waals surface area (Å²) in [5, 5.41) is 3.65. The standard InChI is InChI=1S/C17H25NO/c1-2-18-15-8-4-3-6-14(12-15)16-9-5-7-13-10-11-19-17(13)16/h5,7,9,14-15,18H,2-4,6,8,10-12H2,1H3. The Morgan fingerprint density at radius 3 is 3.05 bits per heavy atom. The molecule has 0 spiro atoms. The average Bonchev–Trinajstić information content (AvgIpc) is 2.79. The van der Waals surface area contributed by atoms with Gasteiger partial charge in [-0.3, -0.25) is 0 Å². The van der Waals surface area contributed by atoms with Gasteiger partial charge in [0, 0.05) is 12.5 Å². The van der Waals surface area contributed by atoms with Gasteiger partial charge in [0.1, 0.15) is 5.75 Å². The van der Waals surface area contributed by atoms with Crippen molar-refractivity contribution >= 4 is 0 Å². The van der Waals surface area contributed by atoms with E-state index in [9.17, 15) is 0 Å². The fraction of sp³-hybridized carbons (Fsp3) is 0.647. The van der Waals surface area contributed by atoms with Crippen molar-refractivity contribution in [3.8, 4) is 5.75 Å². The van der Waals surface area contributed by atoms with Gasteiger partial charge in [-0.15, -0.1) is 0 Å². The largest absolute Gasteiger partial charge is 0.493 e. The van der Waals surface area contributed by atoms with Gasteiger partial charge >= 0.3 is 0 Å². The third kappa shape index (κ3) is 2.79. The number of hydrogen-bond acceptors (Lipinski definition) is 2. The predicted octanol–water partition coefficient (Wildman–Crippen LogP) is 3.65. The molecule has 3 rings (SSSR count). The lowest BCUT2D eigenvalue weighted by molar-refractivity contribution is 0.347. The monoisotopic (exact) mass is 259 g/mol. The zero-order valence-electron chi connectivity index (χ0n) is 12.0. The molecule has 1 aliphatic carbocycles. The number of nitrogens with one attached hydrogen (secondary N) is 1. The molecular weight excluding hydrogens is 234 g/mol. The molecule has 2 atom stereocenters. The van der Waals surface area contributed by atoms with E-state index in [1.165, 1.54) is 49.0 Å². The minimum absolute atomic E-state index is 0.680. The molecule has 1 heterocycles. The van der Waals surface area contributed by atoms with Crippen LogP contribution in [0.4, 0.5) is 0 Å². The van der Waals surface area contributed by atoms with E-state index in [0.29, 0.717) is 12.0 Å². The van der Waals surface area contributed by atoms with Crippen LogP contribution < -0.4 is 10.1 Å². The molecule has 0 amide bonds. The summed E-state index contributed by atoms with van der Waals surface area (Å²) in [6, 6.07) is 7.43. The third-order valence-corrected chi connectivity index (χ3v) is 4.60. The first-order valence-electron chi connectivity index (χ1n) is 7.86. The molecule has 0 radical (unpaired) electrons. The maximum atomic E-state index is 5.90. The van der Waals surface area contributed by atoms with Crippen LogP contribution in [0, 0.1) is 0 Å². The summed E-state index contributed by atoms with van der Waals surface area (Å²) < 4.78 is 5.90. The van der Waals surface area contributed by atoms with Crippen LogP contribution in [0.3, 0.4) is 0 Å². The molecule has 1 saturated carbocycles. The quantitative estimate of drug-likeness (QED) is 0.837. The Bertz CT molecular complexity index is 429. The minimum Gasteiger partial charge on any atom is -0.493 e. The zero-order valence-corrected chi connectivity index (χ0v) is 12.0. The highest BCUT2D eigenvalue weighted by molar-refractivity contribution is 5.46. The van der Waals surface area contributed by atoms with Crippen molar-refractivity contribution in [2.45, 2.75) is 57.4 Å². The van der Waals surface area contributed by atoms with Gasteiger partial charge in [-0.1, -0.05) is 38.0 Å². The second-order valence-electron chi connectivity index (χ2n) is 5.91.